The highest BCUT2D eigenvalue weighted by atomic mass is 35.5. The fraction of sp³-hybridized carbons (Fsp3) is 0.118. The number of fused-ring (bicyclic) bond motifs is 3. The lowest BCUT2D eigenvalue weighted by atomic mass is 10.0. The molecule has 1 unspecified atom stereocenters. The van der Waals surface area contributed by atoms with Gasteiger partial charge >= 0.3 is 0 Å². The molecule has 0 saturated carbocycles. The van der Waals surface area contributed by atoms with Gasteiger partial charge in [0.1, 0.15) is 0 Å². The van der Waals surface area contributed by atoms with E-state index in [1.165, 1.54) is 11.9 Å². The molecule has 0 spiro atoms. The summed E-state index contributed by atoms with van der Waals surface area (Å²) >= 11 is 5.95. The van der Waals surface area contributed by atoms with Crippen molar-refractivity contribution >= 4 is 29.3 Å². The lowest BCUT2D eigenvalue weighted by Crippen LogP contribution is -2.52. The third kappa shape index (κ3) is 2.15. The van der Waals surface area contributed by atoms with Gasteiger partial charge < -0.3 is 0 Å². The molecule has 4 rings (SSSR count). The molecule has 0 bridgehead atoms. The maximum absolute atomic E-state index is 12.4. The largest absolute Gasteiger partial charge is 0.273 e. The molecule has 24 heavy (non-hydrogen) atoms. The van der Waals surface area contributed by atoms with Crippen LogP contribution in [0.1, 0.15) is 34.6 Å². The summed E-state index contributed by atoms with van der Waals surface area (Å²) in [6.45, 7) is 1.44. The van der Waals surface area contributed by atoms with E-state index in [1.54, 1.807) is 29.3 Å². The van der Waals surface area contributed by atoms with Crippen LogP contribution in [0.3, 0.4) is 0 Å². The molecule has 0 fully saturated rings. The number of amidine groups is 1. The Hall–Kier alpha value is -2.86. The number of hydrogen-bond acceptors (Lipinski definition) is 4. The summed E-state index contributed by atoms with van der Waals surface area (Å²) in [5.41, 5.74) is 4.85. The average molecular weight is 341 g/mol. The molecule has 0 saturated heterocycles. The molecule has 2 aliphatic rings. The highest BCUT2D eigenvalue weighted by molar-refractivity contribution is 6.30. The summed E-state index contributed by atoms with van der Waals surface area (Å²) in [7, 11) is 0. The van der Waals surface area contributed by atoms with E-state index in [9.17, 15) is 9.59 Å². The van der Waals surface area contributed by atoms with Gasteiger partial charge in [-0.2, -0.15) is 0 Å². The Morgan fingerprint density at radius 1 is 1.12 bits per heavy atom. The smallest absolute Gasteiger partial charge is 0.270 e. The number of halogens is 1. The van der Waals surface area contributed by atoms with E-state index in [0.717, 1.165) is 5.56 Å². The molecule has 6 nitrogen and oxygen atoms in total. The van der Waals surface area contributed by atoms with Crippen LogP contribution in [-0.4, -0.2) is 27.7 Å². The highest BCUT2D eigenvalue weighted by Crippen LogP contribution is 2.35. The average Bonchev–Trinajstić information content (AvgIpc) is 2.96. The molecule has 1 N–H and O–H groups in total. The minimum atomic E-state index is -0.549. The van der Waals surface area contributed by atoms with Gasteiger partial charge in [0.05, 0.1) is 5.56 Å². The van der Waals surface area contributed by atoms with Crippen molar-refractivity contribution < 1.29 is 9.59 Å². The van der Waals surface area contributed by atoms with Gasteiger partial charge in [-0.3, -0.25) is 15.0 Å². The fourth-order valence-corrected chi connectivity index (χ4v) is 3.07. The molecule has 0 radical (unpaired) electrons. The number of amides is 2. The topological polar surface area (TPSA) is 65.0 Å². The SMILES string of the molecule is CC(=O)N1N=C2c3ccccc3C(=O)NN2C1c1ccc(Cl)cc1. The number of nitrogens with one attached hydrogen (secondary N) is 1. The molecule has 0 aromatic heterocycles. The second kappa shape index (κ2) is 5.35. The number of rotatable bonds is 1. The van der Waals surface area contributed by atoms with E-state index in [4.69, 9.17) is 11.6 Å². The summed E-state index contributed by atoms with van der Waals surface area (Å²) in [6, 6.07) is 14.3. The predicted molar refractivity (Wildman–Crippen MR) is 89.0 cm³/mol. The van der Waals surface area contributed by atoms with E-state index in [2.05, 4.69) is 10.5 Å². The van der Waals surface area contributed by atoms with E-state index < -0.39 is 6.17 Å². The molecule has 2 aromatic rings. The Morgan fingerprint density at radius 3 is 2.46 bits per heavy atom. The van der Waals surface area contributed by atoms with Gasteiger partial charge in [0.15, 0.2) is 12.0 Å². The maximum Gasteiger partial charge on any atom is 0.270 e. The van der Waals surface area contributed by atoms with E-state index in [1.807, 2.05) is 24.3 Å². The zero-order valence-electron chi connectivity index (χ0n) is 12.7. The summed E-state index contributed by atoms with van der Waals surface area (Å²) in [5, 5.41) is 8.02. The van der Waals surface area contributed by atoms with Gasteiger partial charge in [-0.25, -0.2) is 10.0 Å². The van der Waals surface area contributed by atoms with Crippen molar-refractivity contribution in [3.8, 4) is 0 Å². The number of carbonyl (C=O) groups is 2. The number of benzene rings is 2. The Labute approximate surface area is 143 Å². The van der Waals surface area contributed by atoms with Gasteiger partial charge in [-0.05, 0) is 23.8 Å². The third-order valence-corrected chi connectivity index (χ3v) is 4.28. The normalized spacial score (nSPS) is 18.7. The van der Waals surface area contributed by atoms with Crippen LogP contribution < -0.4 is 5.43 Å². The minimum absolute atomic E-state index is 0.219. The lowest BCUT2D eigenvalue weighted by Gasteiger charge is -2.33. The van der Waals surface area contributed by atoms with Crippen LogP contribution in [0.25, 0.3) is 0 Å². The highest BCUT2D eigenvalue weighted by Gasteiger charge is 2.42. The number of nitrogens with zero attached hydrogens (tertiary/aromatic N) is 3. The fourth-order valence-electron chi connectivity index (χ4n) is 2.94. The number of hydrogen-bond donors (Lipinski definition) is 1. The van der Waals surface area contributed by atoms with Gasteiger partial charge in [-0.15, -0.1) is 5.10 Å². The molecule has 0 aliphatic carbocycles. The molecule has 2 aliphatic heterocycles. The molecule has 120 valence electrons. The monoisotopic (exact) mass is 340 g/mol. The summed E-state index contributed by atoms with van der Waals surface area (Å²) in [5.74, 6) is 0.0952. The van der Waals surface area contributed by atoms with Crippen molar-refractivity contribution in [1.29, 1.82) is 0 Å². The number of hydrazone groups is 1. The quantitative estimate of drug-likeness (QED) is 0.867. The minimum Gasteiger partial charge on any atom is -0.273 e. The van der Waals surface area contributed by atoms with Crippen LogP contribution in [0, 0.1) is 0 Å². The van der Waals surface area contributed by atoms with Crippen LogP contribution in [0.5, 0.6) is 0 Å². The van der Waals surface area contributed by atoms with Gasteiger partial charge in [0.25, 0.3) is 5.91 Å². The van der Waals surface area contributed by atoms with Crippen molar-refractivity contribution in [2.45, 2.75) is 13.1 Å². The van der Waals surface area contributed by atoms with Crippen LogP contribution in [0.2, 0.25) is 5.02 Å². The van der Waals surface area contributed by atoms with E-state index in [-0.39, 0.29) is 11.8 Å². The number of carbonyl (C=O) groups excluding carboxylic acids is 2. The zero-order chi connectivity index (χ0) is 16.8. The summed E-state index contributed by atoms with van der Waals surface area (Å²) < 4.78 is 0. The van der Waals surface area contributed by atoms with Crippen LogP contribution in [0.15, 0.2) is 53.6 Å². The first-order valence-electron chi connectivity index (χ1n) is 7.40. The second-order valence-corrected chi connectivity index (χ2v) is 6.01. The number of hydrazine groups is 1. The molecular weight excluding hydrogens is 328 g/mol. The zero-order valence-corrected chi connectivity index (χ0v) is 13.5. The molecule has 2 amide bonds. The Morgan fingerprint density at radius 2 is 1.79 bits per heavy atom. The van der Waals surface area contributed by atoms with E-state index in [0.29, 0.717) is 22.0 Å². The van der Waals surface area contributed by atoms with Gasteiger partial charge in [-0.1, -0.05) is 41.9 Å². The van der Waals surface area contributed by atoms with Crippen LogP contribution in [0.4, 0.5) is 0 Å². The van der Waals surface area contributed by atoms with Crippen molar-refractivity contribution in [2.24, 2.45) is 5.10 Å². The first-order chi connectivity index (χ1) is 11.6. The van der Waals surface area contributed by atoms with E-state index >= 15 is 0 Å². The third-order valence-electron chi connectivity index (χ3n) is 4.03. The van der Waals surface area contributed by atoms with Crippen molar-refractivity contribution in [3.05, 3.63) is 70.2 Å². The van der Waals surface area contributed by atoms with Crippen molar-refractivity contribution in [2.75, 3.05) is 0 Å². The molecule has 2 aromatic carbocycles. The molecular formula is C17H13ClN4O2. The summed E-state index contributed by atoms with van der Waals surface area (Å²) in [6.07, 6.45) is -0.549. The van der Waals surface area contributed by atoms with Gasteiger partial charge in [0, 0.05) is 17.5 Å². The predicted octanol–water partition coefficient (Wildman–Crippen LogP) is 2.52. The van der Waals surface area contributed by atoms with Crippen molar-refractivity contribution in [3.63, 3.8) is 0 Å². The van der Waals surface area contributed by atoms with Crippen molar-refractivity contribution in [1.82, 2.24) is 15.4 Å². The molecule has 7 heteroatoms. The Kier molecular flexibility index (Phi) is 3.28. The standard InChI is InChI=1S/C17H13ClN4O2/c1-10(23)21-17(11-6-8-12(18)9-7-11)22-15(19-21)13-4-2-3-5-14(13)16(24)20-22/h2-9,17H,1H3,(H,20,24). The Balaban J connectivity index is 1.85. The van der Waals surface area contributed by atoms with Crippen LogP contribution in [-0.2, 0) is 4.79 Å². The Bertz CT molecular complexity index is 878. The molecule has 1 atom stereocenters. The molecule has 2 heterocycles. The first kappa shape index (κ1) is 14.7. The first-order valence-corrected chi connectivity index (χ1v) is 7.77. The second-order valence-electron chi connectivity index (χ2n) is 5.57. The van der Waals surface area contributed by atoms with Gasteiger partial charge in [0.2, 0.25) is 5.91 Å². The summed E-state index contributed by atoms with van der Waals surface area (Å²) in [4.78, 5) is 24.5. The van der Waals surface area contributed by atoms with Crippen LogP contribution >= 0.6 is 11.6 Å². The maximum atomic E-state index is 12.4. The lowest BCUT2D eigenvalue weighted by molar-refractivity contribution is -0.133.